The lowest BCUT2D eigenvalue weighted by Gasteiger charge is -2.29. The van der Waals surface area contributed by atoms with Gasteiger partial charge in [-0.2, -0.15) is 0 Å². The lowest BCUT2D eigenvalue weighted by Crippen LogP contribution is -2.41. The summed E-state index contributed by atoms with van der Waals surface area (Å²) in [5.41, 5.74) is 2.25. The number of hydrogen-bond acceptors (Lipinski definition) is 5. The second kappa shape index (κ2) is 3.55. The maximum atomic E-state index is 10.2. The van der Waals surface area contributed by atoms with E-state index in [9.17, 15) is 5.11 Å². The molecule has 0 fully saturated rings. The SMILES string of the molecule is CC1=Nc2sc3c(c2[C@@H](O)N1N)CCCC3. The lowest BCUT2D eigenvalue weighted by atomic mass is 9.94. The molecule has 0 amide bonds. The molecule has 0 bridgehead atoms. The standard InChI is InChI=1S/C11H15N3OS/c1-6-13-10-9(11(15)14(6)12)7-4-2-3-5-8(7)16-10/h11,15H,2-5,12H2,1H3/t11-/m1/s1. The van der Waals surface area contributed by atoms with Crippen LogP contribution in [0, 0.1) is 0 Å². The summed E-state index contributed by atoms with van der Waals surface area (Å²) in [6.07, 6.45) is 3.92. The van der Waals surface area contributed by atoms with Gasteiger partial charge in [-0.3, -0.25) is 5.01 Å². The highest BCUT2D eigenvalue weighted by molar-refractivity contribution is 7.16. The first kappa shape index (κ1) is 10.3. The van der Waals surface area contributed by atoms with E-state index in [-0.39, 0.29) is 0 Å². The second-order valence-electron chi connectivity index (χ2n) is 4.37. The van der Waals surface area contributed by atoms with Crippen molar-refractivity contribution in [2.24, 2.45) is 10.8 Å². The van der Waals surface area contributed by atoms with Gasteiger partial charge in [0.15, 0.2) is 6.23 Å². The quantitative estimate of drug-likeness (QED) is 0.677. The Balaban J connectivity index is 2.17. The zero-order chi connectivity index (χ0) is 11.3. The molecular weight excluding hydrogens is 222 g/mol. The fraction of sp³-hybridized carbons (Fsp3) is 0.545. The normalized spacial score (nSPS) is 23.8. The molecule has 2 aliphatic rings. The van der Waals surface area contributed by atoms with Crippen LogP contribution in [0.3, 0.4) is 0 Å². The van der Waals surface area contributed by atoms with Gasteiger partial charge in [0.2, 0.25) is 0 Å². The Morgan fingerprint density at radius 1 is 1.44 bits per heavy atom. The molecule has 1 aliphatic carbocycles. The zero-order valence-corrected chi connectivity index (χ0v) is 10.0. The summed E-state index contributed by atoms with van der Waals surface area (Å²) in [4.78, 5) is 5.85. The molecule has 1 aromatic heterocycles. The topological polar surface area (TPSA) is 61.9 Å². The van der Waals surface area contributed by atoms with Crippen LogP contribution in [-0.2, 0) is 12.8 Å². The number of nitrogens with two attached hydrogens (primary N) is 1. The van der Waals surface area contributed by atoms with Crippen molar-refractivity contribution in [3.05, 3.63) is 16.0 Å². The maximum Gasteiger partial charge on any atom is 0.171 e. The summed E-state index contributed by atoms with van der Waals surface area (Å²) in [7, 11) is 0. The van der Waals surface area contributed by atoms with Gasteiger partial charge in [-0.25, -0.2) is 10.8 Å². The van der Waals surface area contributed by atoms with Crippen LogP contribution in [0.1, 0.15) is 42.0 Å². The molecule has 0 saturated heterocycles. The number of thiophene rings is 1. The first-order valence-corrected chi connectivity index (χ1v) is 6.42. The van der Waals surface area contributed by atoms with Crippen molar-refractivity contribution in [2.45, 2.75) is 38.8 Å². The molecule has 0 aromatic carbocycles. The molecule has 5 heteroatoms. The molecule has 3 rings (SSSR count). The summed E-state index contributed by atoms with van der Waals surface area (Å²) >= 11 is 1.72. The minimum Gasteiger partial charge on any atom is -0.368 e. The Labute approximate surface area is 98.4 Å². The Morgan fingerprint density at radius 2 is 2.19 bits per heavy atom. The Hall–Kier alpha value is -0.910. The molecule has 16 heavy (non-hydrogen) atoms. The van der Waals surface area contributed by atoms with Gasteiger partial charge in [0.05, 0.1) is 0 Å². The van der Waals surface area contributed by atoms with Gasteiger partial charge in [-0.15, -0.1) is 11.3 Å². The molecule has 0 unspecified atom stereocenters. The first-order valence-electron chi connectivity index (χ1n) is 5.60. The van der Waals surface area contributed by atoms with Gasteiger partial charge in [0.1, 0.15) is 10.8 Å². The van der Waals surface area contributed by atoms with E-state index in [1.807, 2.05) is 6.92 Å². The molecule has 2 heterocycles. The molecule has 4 nitrogen and oxygen atoms in total. The van der Waals surface area contributed by atoms with E-state index in [0.717, 1.165) is 23.4 Å². The van der Waals surface area contributed by atoms with E-state index >= 15 is 0 Å². The number of aliphatic hydroxyl groups is 1. The number of hydrogen-bond donors (Lipinski definition) is 2. The van der Waals surface area contributed by atoms with Crippen molar-refractivity contribution < 1.29 is 5.11 Å². The number of amidine groups is 1. The van der Waals surface area contributed by atoms with Crippen LogP contribution >= 0.6 is 11.3 Å². The van der Waals surface area contributed by atoms with Crippen molar-refractivity contribution in [1.29, 1.82) is 0 Å². The molecular formula is C11H15N3OS. The average Bonchev–Trinajstić information content (AvgIpc) is 2.64. The molecule has 0 spiro atoms. The van der Waals surface area contributed by atoms with Crippen LogP contribution in [0.4, 0.5) is 5.00 Å². The van der Waals surface area contributed by atoms with E-state index in [1.54, 1.807) is 11.3 Å². The minimum absolute atomic E-state index is 0.679. The summed E-state index contributed by atoms with van der Waals surface area (Å²) < 4.78 is 0. The Bertz CT molecular complexity index is 466. The monoisotopic (exact) mass is 237 g/mol. The number of aliphatic imine (C=N–C) groups is 1. The third-order valence-electron chi connectivity index (χ3n) is 3.35. The van der Waals surface area contributed by atoms with E-state index < -0.39 is 6.23 Å². The van der Waals surface area contributed by atoms with Crippen molar-refractivity contribution in [3.63, 3.8) is 0 Å². The predicted octanol–water partition coefficient (Wildman–Crippen LogP) is 1.86. The van der Waals surface area contributed by atoms with Gasteiger partial charge in [-0.1, -0.05) is 0 Å². The molecule has 0 saturated carbocycles. The molecule has 3 N–H and O–H groups in total. The van der Waals surface area contributed by atoms with Crippen LogP contribution in [0.5, 0.6) is 0 Å². The zero-order valence-electron chi connectivity index (χ0n) is 9.23. The number of rotatable bonds is 0. The third-order valence-corrected chi connectivity index (χ3v) is 4.55. The number of nitrogens with zero attached hydrogens (tertiary/aromatic N) is 2. The Morgan fingerprint density at radius 3 is 3.00 bits per heavy atom. The summed E-state index contributed by atoms with van der Waals surface area (Å²) in [6, 6.07) is 0. The van der Waals surface area contributed by atoms with Crippen molar-refractivity contribution >= 4 is 22.2 Å². The third kappa shape index (κ3) is 1.32. The van der Waals surface area contributed by atoms with Crippen LogP contribution in [0.15, 0.2) is 4.99 Å². The van der Waals surface area contributed by atoms with Gasteiger partial charge >= 0.3 is 0 Å². The summed E-state index contributed by atoms with van der Waals surface area (Å²) in [6.45, 7) is 1.82. The van der Waals surface area contributed by atoms with Crippen LogP contribution in [0.25, 0.3) is 0 Å². The molecule has 1 aromatic rings. The van der Waals surface area contributed by atoms with Crippen LogP contribution in [0.2, 0.25) is 0 Å². The fourth-order valence-corrected chi connectivity index (χ4v) is 3.78. The number of hydrazine groups is 1. The smallest absolute Gasteiger partial charge is 0.171 e. The highest BCUT2D eigenvalue weighted by Gasteiger charge is 2.31. The van der Waals surface area contributed by atoms with Gasteiger partial charge < -0.3 is 5.11 Å². The van der Waals surface area contributed by atoms with Gasteiger partial charge in [0.25, 0.3) is 0 Å². The minimum atomic E-state index is -0.717. The van der Waals surface area contributed by atoms with Crippen LogP contribution < -0.4 is 5.84 Å². The van der Waals surface area contributed by atoms with E-state index in [2.05, 4.69) is 4.99 Å². The summed E-state index contributed by atoms with van der Waals surface area (Å²) in [5, 5.41) is 12.5. The lowest BCUT2D eigenvalue weighted by molar-refractivity contribution is 0.0494. The van der Waals surface area contributed by atoms with E-state index in [1.165, 1.54) is 28.3 Å². The summed E-state index contributed by atoms with van der Waals surface area (Å²) in [5.74, 6) is 6.47. The number of fused-ring (bicyclic) bond motifs is 3. The largest absolute Gasteiger partial charge is 0.368 e. The van der Waals surface area contributed by atoms with E-state index in [0.29, 0.717) is 5.84 Å². The van der Waals surface area contributed by atoms with Crippen molar-refractivity contribution in [3.8, 4) is 0 Å². The Kier molecular flexibility index (Phi) is 2.27. The predicted molar refractivity (Wildman–Crippen MR) is 64.7 cm³/mol. The highest BCUT2D eigenvalue weighted by atomic mass is 32.1. The second-order valence-corrected chi connectivity index (χ2v) is 5.45. The van der Waals surface area contributed by atoms with Crippen molar-refractivity contribution in [2.75, 3.05) is 0 Å². The average molecular weight is 237 g/mol. The van der Waals surface area contributed by atoms with Crippen LogP contribution in [-0.4, -0.2) is 16.0 Å². The van der Waals surface area contributed by atoms with Crippen molar-refractivity contribution in [1.82, 2.24) is 5.01 Å². The number of aryl methyl sites for hydroxylation is 1. The molecule has 1 atom stereocenters. The maximum absolute atomic E-state index is 10.2. The highest BCUT2D eigenvalue weighted by Crippen LogP contribution is 2.45. The van der Waals surface area contributed by atoms with E-state index in [4.69, 9.17) is 5.84 Å². The van der Waals surface area contributed by atoms with Gasteiger partial charge in [0, 0.05) is 10.4 Å². The fourth-order valence-electron chi connectivity index (χ4n) is 2.45. The first-order chi connectivity index (χ1) is 7.68. The number of aliphatic hydroxyl groups excluding tert-OH is 1. The molecule has 86 valence electrons. The molecule has 1 aliphatic heterocycles. The van der Waals surface area contributed by atoms with Gasteiger partial charge in [-0.05, 0) is 38.2 Å². The molecule has 0 radical (unpaired) electrons.